The van der Waals surface area contributed by atoms with Gasteiger partial charge < -0.3 is 5.32 Å². The first-order valence-electron chi connectivity index (χ1n) is 7.07. The Kier molecular flexibility index (Phi) is 5.61. The minimum atomic E-state index is -2.52. The molecule has 1 N–H and O–H groups in total. The molecule has 0 radical (unpaired) electrons. The Hall–Kier alpha value is -1.56. The predicted molar refractivity (Wildman–Crippen MR) is 73.4 cm³/mol. The molecular formula is C15H19F3N2O. The van der Waals surface area contributed by atoms with Crippen LogP contribution in [0.4, 0.5) is 13.2 Å². The lowest BCUT2D eigenvalue weighted by Crippen LogP contribution is -2.43. The molecule has 3 nitrogen and oxygen atoms in total. The third kappa shape index (κ3) is 5.04. The van der Waals surface area contributed by atoms with Gasteiger partial charge in [0.25, 0.3) is 6.43 Å². The molecule has 0 bridgehead atoms. The quantitative estimate of drug-likeness (QED) is 0.906. The highest BCUT2D eigenvalue weighted by Crippen LogP contribution is 2.19. The summed E-state index contributed by atoms with van der Waals surface area (Å²) in [6.45, 7) is 1.45. The Labute approximate surface area is 122 Å². The summed E-state index contributed by atoms with van der Waals surface area (Å²) in [5.74, 6) is -0.835. The fourth-order valence-electron chi connectivity index (χ4n) is 2.58. The van der Waals surface area contributed by atoms with Crippen LogP contribution in [-0.4, -0.2) is 36.9 Å². The number of hydrogen-bond donors (Lipinski definition) is 1. The van der Waals surface area contributed by atoms with E-state index in [0.717, 1.165) is 24.9 Å². The van der Waals surface area contributed by atoms with E-state index in [0.29, 0.717) is 13.1 Å². The first kappa shape index (κ1) is 15.8. The monoisotopic (exact) mass is 300 g/mol. The van der Waals surface area contributed by atoms with Crippen LogP contribution in [0.1, 0.15) is 18.4 Å². The molecule has 1 heterocycles. The number of nitrogens with zero attached hydrogens (tertiary/aromatic N) is 1. The molecule has 1 fully saturated rings. The molecule has 1 unspecified atom stereocenters. The van der Waals surface area contributed by atoms with Gasteiger partial charge >= 0.3 is 0 Å². The lowest BCUT2D eigenvalue weighted by Gasteiger charge is -2.32. The van der Waals surface area contributed by atoms with Crippen LogP contribution in [0, 0.1) is 11.7 Å². The van der Waals surface area contributed by atoms with Gasteiger partial charge in [0.05, 0.1) is 12.5 Å². The topological polar surface area (TPSA) is 32.3 Å². The van der Waals surface area contributed by atoms with E-state index in [9.17, 15) is 18.0 Å². The van der Waals surface area contributed by atoms with Crippen LogP contribution in [0.15, 0.2) is 24.3 Å². The van der Waals surface area contributed by atoms with E-state index in [1.54, 1.807) is 12.1 Å². The van der Waals surface area contributed by atoms with E-state index >= 15 is 0 Å². The van der Waals surface area contributed by atoms with Crippen molar-refractivity contribution in [3.05, 3.63) is 35.6 Å². The average molecular weight is 300 g/mol. The van der Waals surface area contributed by atoms with Gasteiger partial charge in [-0.3, -0.25) is 9.69 Å². The Morgan fingerprint density at radius 3 is 2.71 bits per heavy atom. The third-order valence-corrected chi connectivity index (χ3v) is 3.63. The highest BCUT2D eigenvalue weighted by Gasteiger charge is 2.26. The van der Waals surface area contributed by atoms with Crippen molar-refractivity contribution < 1.29 is 18.0 Å². The van der Waals surface area contributed by atoms with Crippen LogP contribution in [0.5, 0.6) is 0 Å². The van der Waals surface area contributed by atoms with Gasteiger partial charge in [-0.1, -0.05) is 12.1 Å². The van der Waals surface area contributed by atoms with E-state index in [1.807, 2.05) is 0 Å². The summed E-state index contributed by atoms with van der Waals surface area (Å²) in [5.41, 5.74) is 0.977. The number of carbonyl (C=O) groups excluding carboxylic acids is 1. The number of amides is 1. The number of likely N-dealkylation sites (tertiary alicyclic amines) is 1. The number of halogens is 3. The number of benzene rings is 1. The van der Waals surface area contributed by atoms with Crippen molar-refractivity contribution in [3.8, 4) is 0 Å². The lowest BCUT2D eigenvalue weighted by atomic mass is 9.96. The molecule has 0 saturated carbocycles. The highest BCUT2D eigenvalue weighted by atomic mass is 19.3. The molecule has 1 saturated heterocycles. The number of carbonyl (C=O) groups is 1. The van der Waals surface area contributed by atoms with E-state index in [1.165, 1.54) is 12.1 Å². The second kappa shape index (κ2) is 7.45. The normalized spacial score (nSPS) is 19.7. The Morgan fingerprint density at radius 2 is 2.05 bits per heavy atom. The van der Waals surface area contributed by atoms with Crippen LogP contribution in [-0.2, 0) is 11.3 Å². The van der Waals surface area contributed by atoms with Gasteiger partial charge in [0.1, 0.15) is 5.82 Å². The maximum absolute atomic E-state index is 12.9. The number of nitrogens with one attached hydrogen (secondary N) is 1. The van der Waals surface area contributed by atoms with Gasteiger partial charge in [-0.2, -0.15) is 0 Å². The molecule has 21 heavy (non-hydrogen) atoms. The summed E-state index contributed by atoms with van der Waals surface area (Å²) < 4.78 is 37.1. The number of rotatable bonds is 5. The van der Waals surface area contributed by atoms with Crippen LogP contribution in [0.2, 0.25) is 0 Å². The van der Waals surface area contributed by atoms with Crippen LogP contribution in [0.3, 0.4) is 0 Å². The number of alkyl halides is 2. The molecule has 1 atom stereocenters. The summed E-state index contributed by atoms with van der Waals surface area (Å²) in [5, 5.41) is 2.28. The summed E-state index contributed by atoms with van der Waals surface area (Å²) >= 11 is 0. The zero-order chi connectivity index (χ0) is 15.2. The van der Waals surface area contributed by atoms with Crippen molar-refractivity contribution in [2.24, 2.45) is 5.92 Å². The van der Waals surface area contributed by atoms with Gasteiger partial charge in [0, 0.05) is 13.1 Å². The summed E-state index contributed by atoms with van der Waals surface area (Å²) in [4.78, 5) is 13.9. The van der Waals surface area contributed by atoms with Crippen LogP contribution < -0.4 is 5.32 Å². The second-order valence-electron chi connectivity index (χ2n) is 5.34. The number of piperidine rings is 1. The van der Waals surface area contributed by atoms with E-state index < -0.39 is 13.0 Å². The van der Waals surface area contributed by atoms with E-state index in [-0.39, 0.29) is 17.6 Å². The van der Waals surface area contributed by atoms with Crippen LogP contribution in [0.25, 0.3) is 0 Å². The molecule has 0 spiro atoms. The second-order valence-corrected chi connectivity index (χ2v) is 5.34. The largest absolute Gasteiger partial charge is 0.350 e. The minimum Gasteiger partial charge on any atom is -0.350 e. The molecule has 0 aromatic heterocycles. The molecule has 1 aromatic carbocycles. The Morgan fingerprint density at radius 1 is 1.33 bits per heavy atom. The molecule has 2 rings (SSSR count). The molecule has 1 amide bonds. The van der Waals surface area contributed by atoms with E-state index in [4.69, 9.17) is 0 Å². The van der Waals surface area contributed by atoms with Crippen molar-refractivity contribution >= 4 is 5.91 Å². The zero-order valence-electron chi connectivity index (χ0n) is 11.7. The first-order valence-corrected chi connectivity index (χ1v) is 7.07. The fourth-order valence-corrected chi connectivity index (χ4v) is 2.58. The van der Waals surface area contributed by atoms with Gasteiger partial charge in [0.2, 0.25) is 5.91 Å². The van der Waals surface area contributed by atoms with Gasteiger partial charge in [-0.25, -0.2) is 13.2 Å². The van der Waals surface area contributed by atoms with Gasteiger partial charge in [0.15, 0.2) is 0 Å². The van der Waals surface area contributed by atoms with Crippen molar-refractivity contribution in [1.29, 1.82) is 0 Å². The molecule has 1 aromatic rings. The summed E-state index contributed by atoms with van der Waals surface area (Å²) in [6.07, 6.45) is -0.948. The van der Waals surface area contributed by atoms with Crippen LogP contribution >= 0.6 is 0 Å². The van der Waals surface area contributed by atoms with Crippen molar-refractivity contribution in [2.75, 3.05) is 19.6 Å². The SMILES string of the molecule is O=C(NCC(F)F)C1CCCN(Cc2ccc(F)cc2)C1. The molecule has 1 aliphatic heterocycles. The molecule has 116 valence electrons. The summed E-state index contributed by atoms with van der Waals surface area (Å²) in [7, 11) is 0. The summed E-state index contributed by atoms with van der Waals surface area (Å²) in [6, 6.07) is 6.25. The van der Waals surface area contributed by atoms with Gasteiger partial charge in [-0.05, 0) is 37.1 Å². The standard InChI is InChI=1S/C15H19F3N2O/c16-13-5-3-11(4-6-13)9-20-7-1-2-12(10-20)15(21)19-8-14(17)18/h3-6,12,14H,1-2,7-10H2,(H,19,21). The highest BCUT2D eigenvalue weighted by molar-refractivity contribution is 5.78. The Balaban J connectivity index is 1.85. The number of hydrogen-bond acceptors (Lipinski definition) is 2. The van der Waals surface area contributed by atoms with Crippen molar-refractivity contribution in [2.45, 2.75) is 25.8 Å². The molecular weight excluding hydrogens is 281 g/mol. The molecule has 0 aliphatic carbocycles. The lowest BCUT2D eigenvalue weighted by molar-refractivity contribution is -0.127. The van der Waals surface area contributed by atoms with E-state index in [2.05, 4.69) is 10.2 Å². The van der Waals surface area contributed by atoms with Crippen molar-refractivity contribution in [1.82, 2.24) is 10.2 Å². The minimum absolute atomic E-state index is 0.252. The maximum Gasteiger partial charge on any atom is 0.255 e. The van der Waals surface area contributed by atoms with Gasteiger partial charge in [-0.15, -0.1) is 0 Å². The first-order chi connectivity index (χ1) is 10.0. The maximum atomic E-state index is 12.9. The fraction of sp³-hybridized carbons (Fsp3) is 0.533. The molecule has 1 aliphatic rings. The zero-order valence-corrected chi connectivity index (χ0v) is 11.7. The smallest absolute Gasteiger partial charge is 0.255 e. The molecule has 6 heteroatoms. The average Bonchev–Trinajstić information content (AvgIpc) is 2.47. The Bertz CT molecular complexity index is 464. The third-order valence-electron chi connectivity index (χ3n) is 3.63. The van der Waals surface area contributed by atoms with Crippen molar-refractivity contribution in [3.63, 3.8) is 0 Å². The predicted octanol–water partition coefficient (Wildman–Crippen LogP) is 2.42.